The molecule has 0 radical (unpaired) electrons. The van der Waals surface area contributed by atoms with Crippen LogP contribution in [0.2, 0.25) is 0 Å². The van der Waals surface area contributed by atoms with E-state index in [1.807, 2.05) is 6.92 Å². The number of hydrogen-bond donors (Lipinski definition) is 2. The molecule has 0 aromatic carbocycles. The highest BCUT2D eigenvalue weighted by Gasteiger charge is 2.29. The molecule has 3 atom stereocenters. The zero-order valence-corrected chi connectivity index (χ0v) is 9.30. The first-order chi connectivity index (χ1) is 7.71. The van der Waals surface area contributed by atoms with E-state index in [9.17, 15) is 5.11 Å². The lowest BCUT2D eigenvalue weighted by molar-refractivity contribution is -0.0991. The standard InChI is InChI=1S/C11H17NO4/c1-3-8-5-10(16-12-8)11(6-13)15-7-9(14)4-2/h1,9-11,13-14H,4-7H2,2H3/t9-,10+,11-/m1/s1. The highest BCUT2D eigenvalue weighted by atomic mass is 16.7. The number of aliphatic hydroxyl groups excluding tert-OH is 2. The Balaban J connectivity index is 2.36. The molecule has 16 heavy (non-hydrogen) atoms. The maximum atomic E-state index is 9.33. The summed E-state index contributed by atoms with van der Waals surface area (Å²) in [7, 11) is 0. The summed E-state index contributed by atoms with van der Waals surface area (Å²) in [5.41, 5.74) is 0.517. The zero-order chi connectivity index (χ0) is 12.0. The molecular formula is C11H17NO4. The predicted octanol–water partition coefficient (Wildman–Crippen LogP) is -0.0871. The van der Waals surface area contributed by atoms with Crippen molar-refractivity contribution in [1.29, 1.82) is 0 Å². The summed E-state index contributed by atoms with van der Waals surface area (Å²) < 4.78 is 5.35. The molecule has 2 N–H and O–H groups in total. The minimum Gasteiger partial charge on any atom is -0.394 e. The van der Waals surface area contributed by atoms with Crippen LogP contribution >= 0.6 is 0 Å². The number of oxime groups is 1. The van der Waals surface area contributed by atoms with Crippen LogP contribution in [0.1, 0.15) is 19.8 Å². The van der Waals surface area contributed by atoms with Gasteiger partial charge in [-0.2, -0.15) is 0 Å². The third-order valence-corrected chi connectivity index (χ3v) is 2.43. The topological polar surface area (TPSA) is 71.3 Å². The van der Waals surface area contributed by atoms with Crippen molar-refractivity contribution in [2.45, 2.75) is 38.1 Å². The molecule has 0 aliphatic carbocycles. The molecule has 1 heterocycles. The second kappa shape index (κ2) is 6.48. The van der Waals surface area contributed by atoms with Crippen LogP contribution in [0.15, 0.2) is 5.16 Å². The van der Waals surface area contributed by atoms with Gasteiger partial charge in [0.2, 0.25) is 0 Å². The van der Waals surface area contributed by atoms with Gasteiger partial charge in [-0.25, -0.2) is 0 Å². The van der Waals surface area contributed by atoms with Crippen LogP contribution in [0, 0.1) is 12.3 Å². The molecular weight excluding hydrogens is 210 g/mol. The van der Waals surface area contributed by atoms with E-state index >= 15 is 0 Å². The van der Waals surface area contributed by atoms with Crippen molar-refractivity contribution in [1.82, 2.24) is 0 Å². The number of rotatable bonds is 6. The third kappa shape index (κ3) is 3.49. The monoisotopic (exact) mass is 227 g/mol. The summed E-state index contributed by atoms with van der Waals surface area (Å²) in [5, 5.41) is 22.2. The van der Waals surface area contributed by atoms with E-state index in [0.717, 1.165) is 0 Å². The highest BCUT2D eigenvalue weighted by molar-refractivity contribution is 6.00. The first-order valence-electron chi connectivity index (χ1n) is 5.31. The van der Waals surface area contributed by atoms with Gasteiger partial charge in [-0.15, -0.1) is 6.42 Å². The largest absolute Gasteiger partial charge is 0.394 e. The number of terminal acetylenes is 1. The summed E-state index contributed by atoms with van der Waals surface area (Å²) >= 11 is 0. The van der Waals surface area contributed by atoms with Crippen molar-refractivity contribution in [3.8, 4) is 12.3 Å². The average molecular weight is 227 g/mol. The molecule has 1 aliphatic rings. The third-order valence-electron chi connectivity index (χ3n) is 2.43. The van der Waals surface area contributed by atoms with E-state index in [2.05, 4.69) is 11.1 Å². The Hall–Kier alpha value is -1.09. The van der Waals surface area contributed by atoms with Crippen LogP contribution < -0.4 is 0 Å². The van der Waals surface area contributed by atoms with E-state index in [1.165, 1.54) is 0 Å². The molecule has 0 unspecified atom stereocenters. The Morgan fingerprint density at radius 3 is 3.00 bits per heavy atom. The van der Waals surface area contributed by atoms with Crippen molar-refractivity contribution in [3.05, 3.63) is 0 Å². The summed E-state index contributed by atoms with van der Waals surface area (Å²) in [4.78, 5) is 5.05. The fraction of sp³-hybridized carbons (Fsp3) is 0.727. The van der Waals surface area contributed by atoms with Gasteiger partial charge < -0.3 is 19.8 Å². The number of nitrogens with zero attached hydrogens (tertiary/aromatic N) is 1. The summed E-state index contributed by atoms with van der Waals surface area (Å²) in [6.45, 7) is 1.84. The Labute approximate surface area is 95.0 Å². The maximum absolute atomic E-state index is 9.33. The molecule has 0 aromatic heterocycles. The van der Waals surface area contributed by atoms with Crippen molar-refractivity contribution < 1.29 is 19.8 Å². The Morgan fingerprint density at radius 2 is 2.50 bits per heavy atom. The van der Waals surface area contributed by atoms with E-state index in [-0.39, 0.29) is 19.3 Å². The predicted molar refractivity (Wildman–Crippen MR) is 58.9 cm³/mol. The molecule has 90 valence electrons. The van der Waals surface area contributed by atoms with E-state index in [1.54, 1.807) is 0 Å². The second-order valence-corrected chi connectivity index (χ2v) is 3.65. The van der Waals surface area contributed by atoms with E-state index < -0.39 is 12.2 Å². The minimum absolute atomic E-state index is 0.174. The van der Waals surface area contributed by atoms with Gasteiger partial charge in [-0.1, -0.05) is 18.0 Å². The van der Waals surface area contributed by atoms with Crippen LogP contribution in [0.25, 0.3) is 0 Å². The minimum atomic E-state index is -0.525. The Bertz CT molecular complexity index is 284. The van der Waals surface area contributed by atoms with Crippen LogP contribution in [-0.4, -0.2) is 47.5 Å². The second-order valence-electron chi connectivity index (χ2n) is 3.65. The summed E-state index contributed by atoms with van der Waals surface area (Å²) in [6, 6.07) is 0. The van der Waals surface area contributed by atoms with Gasteiger partial charge in [0.25, 0.3) is 0 Å². The lowest BCUT2D eigenvalue weighted by Gasteiger charge is -2.21. The maximum Gasteiger partial charge on any atom is 0.162 e. The van der Waals surface area contributed by atoms with E-state index in [0.29, 0.717) is 18.6 Å². The first kappa shape index (κ1) is 13.0. The quantitative estimate of drug-likeness (QED) is 0.622. The Kier molecular flexibility index (Phi) is 5.26. The van der Waals surface area contributed by atoms with Crippen LogP contribution in [0.5, 0.6) is 0 Å². The van der Waals surface area contributed by atoms with Crippen molar-refractivity contribution in [3.63, 3.8) is 0 Å². The summed E-state index contributed by atoms with van der Waals surface area (Å²) in [6.07, 6.45) is 4.86. The van der Waals surface area contributed by atoms with Gasteiger partial charge in [-0.05, 0) is 6.42 Å². The highest BCUT2D eigenvalue weighted by Crippen LogP contribution is 2.16. The van der Waals surface area contributed by atoms with E-state index in [4.69, 9.17) is 21.1 Å². The van der Waals surface area contributed by atoms with Crippen LogP contribution in [-0.2, 0) is 9.57 Å². The van der Waals surface area contributed by atoms with Gasteiger partial charge in [-0.3, -0.25) is 0 Å². The van der Waals surface area contributed by atoms with Crippen LogP contribution in [0.4, 0.5) is 0 Å². The molecule has 0 fully saturated rings. The van der Waals surface area contributed by atoms with Crippen molar-refractivity contribution in [2.75, 3.05) is 13.2 Å². The average Bonchev–Trinajstić information content (AvgIpc) is 2.78. The molecule has 5 nitrogen and oxygen atoms in total. The number of ether oxygens (including phenoxy) is 1. The molecule has 0 saturated heterocycles. The lowest BCUT2D eigenvalue weighted by atomic mass is 10.1. The lowest BCUT2D eigenvalue weighted by Crippen LogP contribution is -2.35. The smallest absolute Gasteiger partial charge is 0.162 e. The fourth-order valence-corrected chi connectivity index (χ4v) is 1.31. The molecule has 0 bridgehead atoms. The van der Waals surface area contributed by atoms with Gasteiger partial charge in [0.05, 0.1) is 19.3 Å². The molecule has 0 saturated carbocycles. The fourth-order valence-electron chi connectivity index (χ4n) is 1.31. The molecule has 1 rings (SSSR count). The normalized spacial score (nSPS) is 23.1. The van der Waals surface area contributed by atoms with Crippen molar-refractivity contribution >= 4 is 5.71 Å². The molecule has 0 amide bonds. The first-order valence-corrected chi connectivity index (χ1v) is 5.31. The van der Waals surface area contributed by atoms with Crippen LogP contribution in [0.3, 0.4) is 0 Å². The van der Waals surface area contributed by atoms with Gasteiger partial charge >= 0.3 is 0 Å². The zero-order valence-electron chi connectivity index (χ0n) is 9.30. The molecule has 1 aliphatic heterocycles. The van der Waals surface area contributed by atoms with Gasteiger partial charge in [0.15, 0.2) is 6.10 Å². The molecule has 0 spiro atoms. The number of hydrogen-bond acceptors (Lipinski definition) is 5. The Morgan fingerprint density at radius 1 is 1.75 bits per heavy atom. The SMILES string of the molecule is C#CC1=NO[C@H]([C@@H](CO)OC[C@H](O)CC)C1. The molecule has 0 aromatic rings. The molecule has 5 heteroatoms. The van der Waals surface area contributed by atoms with Gasteiger partial charge in [0, 0.05) is 6.42 Å². The number of aliphatic hydroxyl groups is 2. The van der Waals surface area contributed by atoms with Crippen molar-refractivity contribution in [2.24, 2.45) is 5.16 Å². The van der Waals surface area contributed by atoms with Gasteiger partial charge in [0.1, 0.15) is 11.8 Å². The summed E-state index contributed by atoms with van der Waals surface area (Å²) in [5.74, 6) is 2.39.